The van der Waals surface area contributed by atoms with E-state index in [9.17, 15) is 13.2 Å². The maximum absolute atomic E-state index is 13.3. The monoisotopic (exact) mass is 433 g/mol. The summed E-state index contributed by atoms with van der Waals surface area (Å²) in [6, 6.07) is 3.98. The lowest BCUT2D eigenvalue weighted by molar-refractivity contribution is -0.137. The summed E-state index contributed by atoms with van der Waals surface area (Å²) < 4.78 is 42.0. The van der Waals surface area contributed by atoms with E-state index in [4.69, 9.17) is 10.8 Å². The number of likely N-dealkylation sites (tertiary alicyclic amines) is 1. The van der Waals surface area contributed by atoms with Crippen LogP contribution >= 0.6 is 0 Å². The number of aromatic nitrogens is 3. The standard InChI is InChI=1S/C23H30F3N5/c1-3-13(2)31-20(21-16-9-15(10-17(16)21)30-6-4-5-7-30)11-19(29-31)14-8-18(23(24,25)26)22(27)28-12-14/h8,11-13,15-17,21H,3-7,9-10H2,1-2H3,(H2,27,28)/t13?,15?,16-,17+,21+. The molecule has 31 heavy (non-hydrogen) atoms. The van der Waals surface area contributed by atoms with E-state index >= 15 is 0 Å². The van der Waals surface area contributed by atoms with Gasteiger partial charge in [-0.05, 0) is 76.1 Å². The fourth-order valence-corrected chi connectivity index (χ4v) is 5.82. The first kappa shape index (κ1) is 20.8. The highest BCUT2D eigenvalue weighted by atomic mass is 19.4. The second kappa shape index (κ2) is 7.50. The van der Waals surface area contributed by atoms with Crippen LogP contribution in [0.25, 0.3) is 11.3 Å². The number of halogens is 3. The summed E-state index contributed by atoms with van der Waals surface area (Å²) in [7, 11) is 0. The summed E-state index contributed by atoms with van der Waals surface area (Å²) in [4.78, 5) is 6.45. The topological polar surface area (TPSA) is 60.0 Å². The van der Waals surface area contributed by atoms with E-state index in [0.717, 1.165) is 12.5 Å². The summed E-state index contributed by atoms with van der Waals surface area (Å²) >= 11 is 0. The summed E-state index contributed by atoms with van der Waals surface area (Å²) in [5.74, 6) is 1.32. The van der Waals surface area contributed by atoms with E-state index in [1.54, 1.807) is 0 Å². The highest BCUT2D eigenvalue weighted by Crippen LogP contribution is 2.64. The van der Waals surface area contributed by atoms with Crippen molar-refractivity contribution in [3.63, 3.8) is 0 Å². The van der Waals surface area contributed by atoms with Crippen molar-refractivity contribution < 1.29 is 13.2 Å². The molecule has 2 unspecified atom stereocenters. The number of hydrogen-bond acceptors (Lipinski definition) is 4. The molecule has 0 bridgehead atoms. The zero-order valence-electron chi connectivity index (χ0n) is 18.1. The number of nitrogens with zero attached hydrogens (tertiary/aromatic N) is 4. The van der Waals surface area contributed by atoms with Crippen LogP contribution in [-0.2, 0) is 6.18 Å². The molecule has 2 aliphatic carbocycles. The third kappa shape index (κ3) is 3.62. The van der Waals surface area contributed by atoms with Crippen LogP contribution in [0.15, 0.2) is 18.3 Å². The number of alkyl halides is 3. The second-order valence-electron chi connectivity index (χ2n) is 9.53. The van der Waals surface area contributed by atoms with Crippen molar-refractivity contribution in [3.05, 3.63) is 29.6 Å². The number of rotatable bonds is 5. The molecule has 5 atom stereocenters. The van der Waals surface area contributed by atoms with Gasteiger partial charge >= 0.3 is 6.18 Å². The molecule has 1 aliphatic heterocycles. The molecule has 5 rings (SSSR count). The van der Waals surface area contributed by atoms with Gasteiger partial charge in [0.25, 0.3) is 0 Å². The average molecular weight is 434 g/mol. The Kier molecular flexibility index (Phi) is 5.03. The van der Waals surface area contributed by atoms with E-state index in [2.05, 4.69) is 23.7 Å². The van der Waals surface area contributed by atoms with Crippen molar-refractivity contribution in [2.45, 2.75) is 70.1 Å². The quantitative estimate of drug-likeness (QED) is 0.712. The minimum atomic E-state index is -4.53. The number of fused-ring (bicyclic) bond motifs is 1. The van der Waals surface area contributed by atoms with Crippen LogP contribution in [0.1, 0.15) is 69.2 Å². The van der Waals surface area contributed by atoms with Crippen molar-refractivity contribution in [1.82, 2.24) is 19.7 Å². The van der Waals surface area contributed by atoms with Crippen LogP contribution in [0.5, 0.6) is 0 Å². The lowest BCUT2D eigenvalue weighted by Gasteiger charge is -2.25. The van der Waals surface area contributed by atoms with Gasteiger partial charge in [-0.2, -0.15) is 18.3 Å². The molecule has 5 nitrogen and oxygen atoms in total. The lowest BCUT2D eigenvalue weighted by atomic mass is 10.0. The molecule has 0 aromatic carbocycles. The molecule has 8 heteroatoms. The Morgan fingerprint density at radius 1 is 1.16 bits per heavy atom. The molecule has 2 aromatic rings. The van der Waals surface area contributed by atoms with E-state index in [-0.39, 0.29) is 6.04 Å². The van der Waals surface area contributed by atoms with E-state index < -0.39 is 17.6 Å². The molecule has 0 spiro atoms. The maximum Gasteiger partial charge on any atom is 0.419 e. The zero-order valence-corrected chi connectivity index (χ0v) is 18.1. The van der Waals surface area contributed by atoms with Gasteiger partial charge in [0.05, 0.1) is 11.3 Å². The fraction of sp³-hybridized carbons (Fsp3) is 0.652. The largest absolute Gasteiger partial charge is 0.419 e. The Balaban J connectivity index is 1.43. The fourth-order valence-electron chi connectivity index (χ4n) is 5.82. The molecule has 1 saturated heterocycles. The summed E-state index contributed by atoms with van der Waals surface area (Å²) in [6.07, 6.45) is 2.88. The molecular formula is C23H30F3N5. The smallest absolute Gasteiger partial charge is 0.383 e. The molecule has 168 valence electrons. The molecule has 3 aliphatic rings. The van der Waals surface area contributed by atoms with Gasteiger partial charge < -0.3 is 10.6 Å². The Labute approximate surface area is 180 Å². The van der Waals surface area contributed by atoms with Crippen molar-refractivity contribution in [2.75, 3.05) is 18.8 Å². The van der Waals surface area contributed by atoms with Crippen LogP contribution in [-0.4, -0.2) is 38.8 Å². The van der Waals surface area contributed by atoms with E-state index in [1.807, 2.05) is 10.7 Å². The molecular weight excluding hydrogens is 403 g/mol. The lowest BCUT2D eigenvalue weighted by Crippen LogP contribution is -2.31. The zero-order chi connectivity index (χ0) is 21.9. The van der Waals surface area contributed by atoms with Gasteiger partial charge in [-0.1, -0.05) is 6.92 Å². The first-order valence-electron chi connectivity index (χ1n) is 11.4. The number of pyridine rings is 1. The highest BCUT2D eigenvalue weighted by Gasteiger charge is 2.58. The maximum atomic E-state index is 13.3. The highest BCUT2D eigenvalue weighted by molar-refractivity contribution is 5.63. The minimum Gasteiger partial charge on any atom is -0.383 e. The number of hydrogen-bond donors (Lipinski definition) is 1. The normalized spacial score (nSPS) is 29.3. The minimum absolute atomic E-state index is 0.197. The summed E-state index contributed by atoms with van der Waals surface area (Å²) in [6.45, 7) is 6.69. The van der Waals surface area contributed by atoms with Crippen molar-refractivity contribution >= 4 is 5.82 Å². The predicted octanol–water partition coefficient (Wildman–Crippen LogP) is 5.10. The Morgan fingerprint density at radius 2 is 1.84 bits per heavy atom. The molecule has 3 fully saturated rings. The molecule has 3 heterocycles. The third-order valence-corrected chi connectivity index (χ3v) is 7.71. The van der Waals surface area contributed by atoms with E-state index in [0.29, 0.717) is 35.1 Å². The summed E-state index contributed by atoms with van der Waals surface area (Å²) in [5.41, 5.74) is 6.67. The van der Waals surface area contributed by atoms with Gasteiger partial charge in [0, 0.05) is 35.5 Å². The Bertz CT molecular complexity index is 951. The summed E-state index contributed by atoms with van der Waals surface area (Å²) in [5, 5.41) is 4.75. The van der Waals surface area contributed by atoms with Crippen molar-refractivity contribution in [1.29, 1.82) is 0 Å². The predicted molar refractivity (Wildman–Crippen MR) is 113 cm³/mol. The third-order valence-electron chi connectivity index (χ3n) is 7.71. The van der Waals surface area contributed by atoms with Crippen LogP contribution in [0.3, 0.4) is 0 Å². The molecule has 0 radical (unpaired) electrons. The molecule has 2 saturated carbocycles. The van der Waals surface area contributed by atoms with E-state index in [1.165, 1.54) is 50.7 Å². The molecule has 2 aromatic heterocycles. The second-order valence-corrected chi connectivity index (χ2v) is 9.53. The van der Waals surface area contributed by atoms with Crippen LogP contribution < -0.4 is 5.73 Å². The number of nitrogens with two attached hydrogens (primary N) is 1. The average Bonchev–Trinajstić information content (AvgIpc) is 3.25. The van der Waals surface area contributed by atoms with Gasteiger partial charge in [0.2, 0.25) is 0 Å². The first-order chi connectivity index (χ1) is 14.8. The van der Waals surface area contributed by atoms with Gasteiger partial charge in [0.15, 0.2) is 0 Å². The van der Waals surface area contributed by atoms with Gasteiger partial charge in [0.1, 0.15) is 5.82 Å². The van der Waals surface area contributed by atoms with Crippen molar-refractivity contribution in [2.24, 2.45) is 11.8 Å². The Hall–Kier alpha value is -2.09. The van der Waals surface area contributed by atoms with Crippen LogP contribution in [0, 0.1) is 11.8 Å². The molecule has 0 amide bonds. The SMILES string of the molecule is CCC(C)n1nc(-c2cnc(N)c(C(F)(F)F)c2)cc1[C@H]1[C@@H]2CC(N3CCCC3)C[C@@H]21. The van der Waals surface area contributed by atoms with Gasteiger partial charge in [-0.3, -0.25) is 4.68 Å². The van der Waals surface area contributed by atoms with Crippen molar-refractivity contribution in [3.8, 4) is 11.3 Å². The number of anilines is 1. The van der Waals surface area contributed by atoms with Gasteiger partial charge in [-0.15, -0.1) is 0 Å². The Morgan fingerprint density at radius 3 is 2.45 bits per heavy atom. The van der Waals surface area contributed by atoms with Crippen LogP contribution in [0.4, 0.5) is 19.0 Å². The molecule has 2 N–H and O–H groups in total. The first-order valence-corrected chi connectivity index (χ1v) is 11.4. The van der Waals surface area contributed by atoms with Gasteiger partial charge in [-0.25, -0.2) is 4.98 Å². The number of nitrogen functional groups attached to an aromatic ring is 1. The van der Waals surface area contributed by atoms with Crippen LogP contribution in [0.2, 0.25) is 0 Å².